The second kappa shape index (κ2) is 12.1. The number of amidine groups is 1. The molecule has 9 rings (SSSR count). The van der Waals surface area contributed by atoms with E-state index in [4.69, 9.17) is 67.8 Å². The summed E-state index contributed by atoms with van der Waals surface area (Å²) in [6.45, 7) is 2.01. The first-order valence-electron chi connectivity index (χ1n) is 17.1. The van der Waals surface area contributed by atoms with E-state index in [1.165, 1.54) is 0 Å². The molecule has 52 heavy (non-hydrogen) atoms. The van der Waals surface area contributed by atoms with Gasteiger partial charge in [0.2, 0.25) is 0 Å². The van der Waals surface area contributed by atoms with Gasteiger partial charge < -0.3 is 4.90 Å². The van der Waals surface area contributed by atoms with Crippen molar-refractivity contribution >= 4 is 161 Å². The third-order valence-corrected chi connectivity index (χ3v) is 10.8. The number of allylic oxidation sites excluding steroid dienone is 2. The van der Waals surface area contributed by atoms with Crippen molar-refractivity contribution in [3.63, 3.8) is 0 Å². The zero-order chi connectivity index (χ0) is 36.2. The summed E-state index contributed by atoms with van der Waals surface area (Å²) in [5, 5.41) is 6.46. The zero-order valence-electron chi connectivity index (χ0n) is 28.5. The van der Waals surface area contributed by atoms with Gasteiger partial charge in [-0.1, -0.05) is 113 Å². The maximum absolute atomic E-state index is 7.11. The van der Waals surface area contributed by atoms with Crippen LogP contribution < -0.4 is 48.6 Å². The standard InChI is InChI=1S/C42H22B8N2/c1-19-51-26-15-7-9-17-28(26)52(19)27-16-8-6-14-24(27)29-31-33(37(45)41(49)39(47)35(31)43)30(34-32(29)36(44)40(48)42(50)38(34)46)25-18-20-10-2-3-11-21(20)22-12-4-5-13-23(22)25/h2-18,26,28H,1H3. The number of fused-ring (bicyclic) bond motifs is 6. The Kier molecular flexibility index (Phi) is 7.63. The van der Waals surface area contributed by atoms with Crippen molar-refractivity contribution in [2.45, 2.75) is 19.0 Å². The Hall–Kier alpha value is -4.95. The van der Waals surface area contributed by atoms with Crippen molar-refractivity contribution in [2.24, 2.45) is 4.99 Å². The Balaban J connectivity index is 1.55. The molecule has 0 saturated carbocycles. The monoisotopic (exact) mass is 642 g/mol. The van der Waals surface area contributed by atoms with E-state index in [2.05, 4.69) is 53.5 Å². The van der Waals surface area contributed by atoms with Crippen LogP contribution in [-0.2, 0) is 0 Å². The van der Waals surface area contributed by atoms with Gasteiger partial charge in [-0.05, 0) is 78.8 Å². The van der Waals surface area contributed by atoms with Crippen LogP contribution in [0.2, 0.25) is 0 Å². The molecule has 2 atom stereocenters. The molecule has 1 aliphatic heterocycles. The second-order valence-corrected chi connectivity index (χ2v) is 13.6. The lowest BCUT2D eigenvalue weighted by Gasteiger charge is -2.32. The predicted octanol–water partition coefficient (Wildman–Crippen LogP) is 1.09. The molecule has 1 heterocycles. The first-order chi connectivity index (χ1) is 25.1. The van der Waals surface area contributed by atoms with Crippen LogP contribution in [0.1, 0.15) is 6.92 Å². The Morgan fingerprint density at radius 1 is 0.500 bits per heavy atom. The summed E-state index contributed by atoms with van der Waals surface area (Å²) in [5.74, 6) is 0.860. The molecular weight excluding hydrogens is 619 g/mol. The van der Waals surface area contributed by atoms with Crippen LogP contribution >= 0.6 is 0 Å². The normalized spacial score (nSPS) is 16.7. The smallest absolute Gasteiger partial charge is 0.113 e. The number of hydrogen-bond acceptors (Lipinski definition) is 2. The molecule has 0 bridgehead atoms. The summed E-state index contributed by atoms with van der Waals surface area (Å²) in [4.78, 5) is 7.22. The molecule has 0 spiro atoms. The summed E-state index contributed by atoms with van der Waals surface area (Å²) in [5.41, 5.74) is 5.62. The molecule has 0 N–H and O–H groups in total. The highest BCUT2D eigenvalue weighted by Gasteiger charge is 2.35. The largest absolute Gasteiger partial charge is 0.320 e. The van der Waals surface area contributed by atoms with E-state index in [0.717, 1.165) is 44.2 Å². The molecule has 7 aromatic carbocycles. The molecule has 2 unspecified atom stereocenters. The predicted molar refractivity (Wildman–Crippen MR) is 232 cm³/mol. The third kappa shape index (κ3) is 4.52. The number of anilines is 1. The van der Waals surface area contributed by atoms with Crippen molar-refractivity contribution in [3.05, 3.63) is 103 Å². The highest BCUT2D eigenvalue weighted by molar-refractivity contribution is 6.71. The number of aliphatic imine (C=N–C) groups is 1. The van der Waals surface area contributed by atoms with Crippen molar-refractivity contribution in [2.75, 3.05) is 4.90 Å². The molecule has 0 amide bonds. The third-order valence-electron chi connectivity index (χ3n) is 10.8. The van der Waals surface area contributed by atoms with Crippen molar-refractivity contribution in [1.29, 1.82) is 0 Å². The number of rotatable bonds is 3. The minimum absolute atomic E-state index is 0.0394. The molecule has 0 saturated heterocycles. The Bertz CT molecular complexity index is 2740. The molecule has 1 aliphatic carbocycles. The zero-order valence-corrected chi connectivity index (χ0v) is 28.5. The Morgan fingerprint density at radius 2 is 0.981 bits per heavy atom. The molecule has 224 valence electrons. The van der Waals surface area contributed by atoms with Gasteiger partial charge in [0.1, 0.15) is 68.6 Å². The molecular formula is C42H22B8N2. The SMILES string of the molecule is [B]c1c([B])c([B])c2c(-c3cc4ccccc4c4ccccc34)c3c([B])c([B])c([B])c([B])c3c(-c3ccccc3N3C(C)=NC4C=CC=CC43)c2c1[B]. The van der Waals surface area contributed by atoms with E-state index in [1.807, 2.05) is 61.5 Å². The van der Waals surface area contributed by atoms with Crippen molar-refractivity contribution < 1.29 is 0 Å². The Labute approximate surface area is 314 Å². The van der Waals surface area contributed by atoms with Crippen LogP contribution in [0.15, 0.2) is 108 Å². The molecule has 2 nitrogen and oxygen atoms in total. The lowest BCUT2D eigenvalue weighted by atomic mass is 9.59. The summed E-state index contributed by atoms with van der Waals surface area (Å²) in [7, 11) is 55.3. The maximum Gasteiger partial charge on any atom is 0.113 e. The summed E-state index contributed by atoms with van der Waals surface area (Å²) in [6, 6.07) is 26.6. The summed E-state index contributed by atoms with van der Waals surface area (Å²) in [6.07, 6.45) is 8.33. The van der Waals surface area contributed by atoms with Crippen molar-refractivity contribution in [1.82, 2.24) is 0 Å². The van der Waals surface area contributed by atoms with Gasteiger partial charge in [-0.15, -0.1) is 21.9 Å². The number of benzene rings is 7. The van der Waals surface area contributed by atoms with Gasteiger partial charge in [0.05, 0.1) is 17.8 Å². The van der Waals surface area contributed by atoms with E-state index in [1.54, 1.807) is 0 Å². The quantitative estimate of drug-likeness (QED) is 0.161. The van der Waals surface area contributed by atoms with Gasteiger partial charge in [-0.2, -0.15) is 0 Å². The van der Waals surface area contributed by atoms with Gasteiger partial charge >= 0.3 is 0 Å². The highest BCUT2D eigenvalue weighted by atomic mass is 15.3. The summed E-state index contributed by atoms with van der Waals surface area (Å²) < 4.78 is 0. The van der Waals surface area contributed by atoms with Gasteiger partial charge in [0, 0.05) is 5.56 Å². The average Bonchev–Trinajstić information content (AvgIpc) is 3.51. The Morgan fingerprint density at radius 3 is 1.60 bits per heavy atom. The van der Waals surface area contributed by atoms with Crippen LogP contribution in [0.4, 0.5) is 5.69 Å². The lowest BCUT2D eigenvalue weighted by Crippen LogP contribution is -2.50. The van der Waals surface area contributed by atoms with E-state index in [0.29, 0.717) is 32.7 Å². The second-order valence-electron chi connectivity index (χ2n) is 13.6. The number of para-hydroxylation sites is 1. The fraction of sp³-hybridized carbons (Fsp3) is 0.0714. The van der Waals surface area contributed by atoms with E-state index >= 15 is 0 Å². The minimum atomic E-state index is -0.0434. The number of nitrogens with zero attached hydrogens (tertiary/aromatic N) is 2. The minimum Gasteiger partial charge on any atom is -0.320 e. The molecule has 7 aromatic rings. The van der Waals surface area contributed by atoms with E-state index in [9.17, 15) is 0 Å². The van der Waals surface area contributed by atoms with Crippen LogP contribution in [0.25, 0.3) is 65.3 Å². The van der Waals surface area contributed by atoms with Gasteiger partial charge in [0.15, 0.2) is 0 Å². The van der Waals surface area contributed by atoms with Gasteiger partial charge in [-0.3, -0.25) is 4.99 Å². The summed E-state index contributed by atoms with van der Waals surface area (Å²) >= 11 is 0. The maximum atomic E-state index is 7.11. The molecule has 10 heteroatoms. The van der Waals surface area contributed by atoms with Gasteiger partial charge in [0.25, 0.3) is 0 Å². The fourth-order valence-corrected chi connectivity index (χ4v) is 8.41. The molecule has 0 fully saturated rings. The highest BCUT2D eigenvalue weighted by Crippen LogP contribution is 2.47. The average molecular weight is 641 g/mol. The molecule has 16 radical (unpaired) electrons. The van der Waals surface area contributed by atoms with Crippen LogP contribution in [0.3, 0.4) is 0 Å². The van der Waals surface area contributed by atoms with Gasteiger partial charge in [-0.25, -0.2) is 0 Å². The van der Waals surface area contributed by atoms with E-state index in [-0.39, 0.29) is 55.8 Å². The van der Waals surface area contributed by atoms with Crippen molar-refractivity contribution in [3.8, 4) is 22.3 Å². The fourth-order valence-electron chi connectivity index (χ4n) is 8.41. The van der Waals surface area contributed by atoms with Crippen LogP contribution in [0.5, 0.6) is 0 Å². The van der Waals surface area contributed by atoms with Crippen LogP contribution in [0, 0.1) is 0 Å². The lowest BCUT2D eigenvalue weighted by molar-refractivity contribution is 0.739. The topological polar surface area (TPSA) is 15.6 Å². The molecule has 2 aliphatic rings. The number of hydrogen-bond donors (Lipinski definition) is 0. The molecule has 0 aromatic heterocycles. The van der Waals surface area contributed by atoms with E-state index < -0.39 is 0 Å². The van der Waals surface area contributed by atoms with Crippen LogP contribution in [-0.4, -0.2) is 80.7 Å². The first-order valence-corrected chi connectivity index (χ1v) is 17.1. The first kappa shape index (κ1) is 32.9.